The minimum atomic E-state index is -2.50. The van der Waals surface area contributed by atoms with E-state index in [0.717, 1.165) is 6.07 Å². The number of aromatic nitrogens is 3. The van der Waals surface area contributed by atoms with E-state index in [4.69, 9.17) is 4.74 Å². The van der Waals surface area contributed by atoms with Gasteiger partial charge in [0.05, 0.1) is 0 Å². The minimum absolute atomic E-state index is 0.0731. The molecule has 2 aromatic heterocycles. The SMILES string of the molecule is CC1C=C(Oc2ccc(NC(=O)c3cn(C)cc(-c4ccc(F)cc4)c3=O)cc2F)c2c(n[nH]c2NC(C)CC(F)F)N1. The lowest BCUT2D eigenvalue weighted by molar-refractivity contribution is 0.102. The van der Waals surface area contributed by atoms with E-state index in [1.807, 2.05) is 6.92 Å². The Morgan fingerprint density at radius 3 is 2.58 bits per heavy atom. The molecule has 2 unspecified atom stereocenters. The molecule has 0 fully saturated rings. The van der Waals surface area contributed by atoms with Crippen molar-refractivity contribution < 1.29 is 27.1 Å². The van der Waals surface area contributed by atoms with Gasteiger partial charge in [0.1, 0.15) is 28.5 Å². The lowest BCUT2D eigenvalue weighted by Gasteiger charge is -2.22. The average molecular weight is 597 g/mol. The minimum Gasteiger partial charge on any atom is -0.454 e. The maximum absolute atomic E-state index is 15.2. The van der Waals surface area contributed by atoms with Crippen LogP contribution in [0.5, 0.6) is 5.75 Å². The quantitative estimate of drug-likeness (QED) is 0.177. The van der Waals surface area contributed by atoms with Gasteiger partial charge in [0.2, 0.25) is 11.9 Å². The number of benzene rings is 2. The van der Waals surface area contributed by atoms with Crippen molar-refractivity contribution in [1.29, 1.82) is 0 Å². The van der Waals surface area contributed by atoms with Gasteiger partial charge in [-0.2, -0.15) is 5.10 Å². The Kier molecular flexibility index (Phi) is 8.24. The number of alkyl halides is 2. The smallest absolute Gasteiger partial charge is 0.261 e. The second kappa shape index (κ2) is 12.0. The fourth-order valence-electron chi connectivity index (χ4n) is 4.70. The standard InChI is InChI=1S/C30H28F4N6O3/c1-15-10-24(26-28(35-15)38-39-29(26)36-16(2)11-25(33)34)43-23-9-8-19(12-22(23)32)37-30(42)21-14-40(3)13-20(27(21)41)17-4-6-18(31)7-5-17/h4-10,12-16,25H,11H2,1-3H3,(H,37,42)(H3,35,36,38,39). The van der Waals surface area contributed by atoms with Crippen molar-refractivity contribution in [3.8, 4) is 16.9 Å². The van der Waals surface area contributed by atoms with Crippen LogP contribution >= 0.6 is 0 Å². The van der Waals surface area contributed by atoms with Gasteiger partial charge in [0, 0.05) is 55.3 Å². The van der Waals surface area contributed by atoms with Crippen LogP contribution in [0.3, 0.4) is 0 Å². The van der Waals surface area contributed by atoms with E-state index in [9.17, 15) is 22.8 Å². The second-order valence-corrected chi connectivity index (χ2v) is 10.2. The highest BCUT2D eigenvalue weighted by atomic mass is 19.3. The van der Waals surface area contributed by atoms with Gasteiger partial charge in [-0.1, -0.05) is 12.1 Å². The number of pyridine rings is 1. The van der Waals surface area contributed by atoms with E-state index in [-0.39, 0.29) is 40.8 Å². The Bertz CT molecular complexity index is 1750. The van der Waals surface area contributed by atoms with E-state index < -0.39 is 35.4 Å². The van der Waals surface area contributed by atoms with Gasteiger partial charge in [0.25, 0.3) is 5.91 Å². The highest BCUT2D eigenvalue weighted by Gasteiger charge is 2.27. The van der Waals surface area contributed by atoms with Crippen LogP contribution in [0, 0.1) is 11.6 Å². The normalized spacial score (nSPS) is 14.9. The fourth-order valence-corrected chi connectivity index (χ4v) is 4.70. The zero-order valence-electron chi connectivity index (χ0n) is 23.3. The van der Waals surface area contributed by atoms with Crippen LogP contribution in [0.1, 0.15) is 36.2 Å². The number of carbonyl (C=O) groups is 1. The number of ether oxygens (including phenoxy) is 1. The molecule has 1 aliphatic rings. The zero-order valence-corrected chi connectivity index (χ0v) is 23.3. The molecular weight excluding hydrogens is 568 g/mol. The maximum atomic E-state index is 15.2. The Morgan fingerprint density at radius 2 is 1.88 bits per heavy atom. The lowest BCUT2D eigenvalue weighted by Crippen LogP contribution is -2.24. The summed E-state index contributed by atoms with van der Waals surface area (Å²) in [4.78, 5) is 26.2. The number of amides is 1. The van der Waals surface area contributed by atoms with Gasteiger partial charge < -0.3 is 25.3 Å². The second-order valence-electron chi connectivity index (χ2n) is 10.2. The molecule has 5 rings (SSSR count). The van der Waals surface area contributed by atoms with Gasteiger partial charge in [0.15, 0.2) is 17.4 Å². The molecule has 3 heterocycles. The Balaban J connectivity index is 1.35. The molecular formula is C30H28F4N6O3. The van der Waals surface area contributed by atoms with Crippen LogP contribution < -0.4 is 26.1 Å². The third kappa shape index (κ3) is 6.55. The van der Waals surface area contributed by atoms with Gasteiger partial charge in [-0.15, -0.1) is 0 Å². The van der Waals surface area contributed by atoms with Crippen molar-refractivity contribution in [3.63, 3.8) is 0 Å². The zero-order chi connectivity index (χ0) is 30.8. The number of carbonyl (C=O) groups excluding carboxylic acids is 1. The van der Waals surface area contributed by atoms with Crippen LogP contribution in [0.4, 0.5) is 34.9 Å². The summed E-state index contributed by atoms with van der Waals surface area (Å²) in [7, 11) is 1.64. The van der Waals surface area contributed by atoms with Crippen LogP contribution in [-0.2, 0) is 7.05 Å². The number of aryl methyl sites for hydroxylation is 1. The summed E-state index contributed by atoms with van der Waals surface area (Å²) in [6.45, 7) is 3.43. The highest BCUT2D eigenvalue weighted by Crippen LogP contribution is 2.37. The Hall–Kier alpha value is -5.07. The first-order valence-electron chi connectivity index (χ1n) is 13.3. The summed E-state index contributed by atoms with van der Waals surface area (Å²) in [5.74, 6) is -1.19. The highest BCUT2D eigenvalue weighted by molar-refractivity contribution is 6.04. The predicted molar refractivity (Wildman–Crippen MR) is 155 cm³/mol. The van der Waals surface area contributed by atoms with E-state index in [1.165, 1.54) is 53.4 Å². The first-order valence-corrected chi connectivity index (χ1v) is 13.3. The average Bonchev–Trinajstić information content (AvgIpc) is 3.33. The van der Waals surface area contributed by atoms with E-state index >= 15 is 4.39 Å². The molecule has 0 radical (unpaired) electrons. The molecule has 4 N–H and O–H groups in total. The number of nitrogens with zero attached hydrogens (tertiary/aromatic N) is 2. The molecule has 4 aromatic rings. The van der Waals surface area contributed by atoms with Crippen molar-refractivity contribution in [3.05, 3.63) is 93.9 Å². The molecule has 0 saturated heterocycles. The molecule has 1 aliphatic heterocycles. The molecule has 2 atom stereocenters. The number of fused-ring (bicyclic) bond motifs is 1. The number of aromatic amines is 1. The van der Waals surface area contributed by atoms with Crippen LogP contribution in [0.25, 0.3) is 16.9 Å². The van der Waals surface area contributed by atoms with Gasteiger partial charge in [-0.05, 0) is 49.8 Å². The largest absolute Gasteiger partial charge is 0.454 e. The lowest BCUT2D eigenvalue weighted by atomic mass is 10.0. The van der Waals surface area contributed by atoms with Crippen molar-refractivity contribution in [2.45, 2.75) is 38.8 Å². The number of anilines is 3. The molecule has 0 bridgehead atoms. The van der Waals surface area contributed by atoms with Crippen molar-refractivity contribution in [2.24, 2.45) is 7.05 Å². The molecule has 0 saturated carbocycles. The molecule has 2 aromatic carbocycles. The van der Waals surface area contributed by atoms with Crippen molar-refractivity contribution >= 4 is 29.0 Å². The predicted octanol–water partition coefficient (Wildman–Crippen LogP) is 6.00. The van der Waals surface area contributed by atoms with E-state index in [1.54, 1.807) is 20.0 Å². The number of H-pyrrole nitrogens is 1. The summed E-state index contributed by atoms with van der Waals surface area (Å²) < 4.78 is 61.7. The first kappa shape index (κ1) is 29.4. The summed E-state index contributed by atoms with van der Waals surface area (Å²) in [5, 5.41) is 15.6. The third-order valence-electron chi connectivity index (χ3n) is 6.67. The number of hydrogen-bond donors (Lipinski definition) is 4. The van der Waals surface area contributed by atoms with Gasteiger partial charge >= 0.3 is 0 Å². The Morgan fingerprint density at radius 1 is 1.14 bits per heavy atom. The molecule has 224 valence electrons. The molecule has 0 spiro atoms. The number of nitrogens with one attached hydrogen (secondary N) is 4. The Labute approximate surface area is 243 Å². The fraction of sp³-hybridized carbons (Fsp3) is 0.233. The number of rotatable bonds is 9. The van der Waals surface area contributed by atoms with Crippen LogP contribution in [0.2, 0.25) is 0 Å². The molecule has 1 amide bonds. The summed E-state index contributed by atoms with van der Waals surface area (Å²) in [6, 6.07) is 8.27. The molecule has 9 nitrogen and oxygen atoms in total. The third-order valence-corrected chi connectivity index (χ3v) is 6.67. The van der Waals surface area contributed by atoms with Crippen molar-refractivity contribution in [1.82, 2.24) is 14.8 Å². The molecule has 0 aliphatic carbocycles. The van der Waals surface area contributed by atoms with Gasteiger partial charge in [-0.3, -0.25) is 14.7 Å². The summed E-state index contributed by atoms with van der Waals surface area (Å²) in [6.07, 6.45) is 1.68. The van der Waals surface area contributed by atoms with Crippen molar-refractivity contribution in [2.75, 3.05) is 16.0 Å². The monoisotopic (exact) mass is 596 g/mol. The first-order chi connectivity index (χ1) is 20.5. The maximum Gasteiger partial charge on any atom is 0.261 e. The number of halogens is 4. The van der Waals surface area contributed by atoms with E-state index in [0.29, 0.717) is 22.8 Å². The van der Waals surface area contributed by atoms with Crippen LogP contribution in [-0.4, -0.2) is 39.2 Å². The topological polar surface area (TPSA) is 113 Å². The molecule has 13 heteroatoms. The molecule has 43 heavy (non-hydrogen) atoms. The summed E-state index contributed by atoms with van der Waals surface area (Å²) >= 11 is 0. The van der Waals surface area contributed by atoms with E-state index in [2.05, 4.69) is 26.1 Å². The summed E-state index contributed by atoms with van der Waals surface area (Å²) in [5.41, 5.74) is 0.376. The number of hydrogen-bond acceptors (Lipinski definition) is 6. The van der Waals surface area contributed by atoms with Gasteiger partial charge in [-0.25, -0.2) is 17.6 Å². The van der Waals surface area contributed by atoms with Crippen LogP contribution in [0.15, 0.2) is 65.7 Å².